The van der Waals surface area contributed by atoms with Crippen LogP contribution in [0.4, 0.5) is 0 Å². The van der Waals surface area contributed by atoms with E-state index in [9.17, 15) is 29.7 Å². The number of carbonyl (C=O) groups is 3. The molecule has 3 unspecified atom stereocenters. The minimum Gasteiger partial charge on any atom is -0.480 e. The number of aliphatic hydroxyl groups excluding tert-OH is 2. The number of rotatable bonds is 25. The molecule has 0 aromatic carbocycles. The van der Waals surface area contributed by atoms with Crippen LogP contribution >= 0.6 is 0 Å². The van der Waals surface area contributed by atoms with Crippen LogP contribution < -0.4 is 10.6 Å². The van der Waals surface area contributed by atoms with Gasteiger partial charge in [0.1, 0.15) is 6.04 Å². The minimum atomic E-state index is -1.02. The van der Waals surface area contributed by atoms with Crippen LogP contribution in [0.3, 0.4) is 0 Å². The van der Waals surface area contributed by atoms with Crippen LogP contribution in [-0.2, 0) is 14.4 Å². The molecule has 0 bridgehead atoms. The fourth-order valence-corrected chi connectivity index (χ4v) is 11.9. The summed E-state index contributed by atoms with van der Waals surface area (Å²) in [7, 11) is 0. The van der Waals surface area contributed by atoms with Crippen LogP contribution in [0.2, 0.25) is 0 Å². The summed E-state index contributed by atoms with van der Waals surface area (Å²) in [6.07, 6.45) is 43.1. The molecule has 8 heteroatoms. The van der Waals surface area contributed by atoms with Gasteiger partial charge in [-0.1, -0.05) is 101 Å². The maximum atomic E-state index is 13.0. The van der Waals surface area contributed by atoms with Crippen molar-refractivity contribution in [2.24, 2.45) is 46.3 Å². The number of carboxylic acids is 1. The number of carboxylic acid groups (broad SMARTS) is 1. The van der Waals surface area contributed by atoms with Crippen molar-refractivity contribution in [2.45, 2.75) is 181 Å². The third-order valence-electron chi connectivity index (χ3n) is 15.3. The van der Waals surface area contributed by atoms with Crippen molar-refractivity contribution in [2.75, 3.05) is 6.54 Å². The Morgan fingerprint density at radius 3 is 1.88 bits per heavy atom. The number of amides is 2. The van der Waals surface area contributed by atoms with Gasteiger partial charge in [-0.05, 0) is 168 Å². The first-order valence-electron chi connectivity index (χ1n) is 24.0. The summed E-state index contributed by atoms with van der Waals surface area (Å²) >= 11 is 0. The molecule has 0 aromatic heterocycles. The van der Waals surface area contributed by atoms with E-state index in [4.69, 9.17) is 0 Å². The van der Waals surface area contributed by atoms with E-state index in [1.807, 2.05) is 6.08 Å². The molecule has 4 rings (SSSR count). The largest absolute Gasteiger partial charge is 0.480 e. The molecule has 11 atom stereocenters. The zero-order valence-corrected chi connectivity index (χ0v) is 37.7. The molecule has 0 aliphatic heterocycles. The molecule has 0 heterocycles. The van der Waals surface area contributed by atoms with Crippen molar-refractivity contribution < 1.29 is 29.7 Å². The number of hydrogen-bond acceptors (Lipinski definition) is 5. The molecular weight excluding hydrogens is 749 g/mol. The molecule has 0 spiro atoms. The monoisotopic (exact) mass is 831 g/mol. The molecule has 8 nitrogen and oxygen atoms in total. The molecule has 4 saturated carbocycles. The number of carbonyl (C=O) groups excluding carboxylic acids is 2. The fraction of sp³-hybridized carbons (Fsp3) is 0.712. The molecule has 0 saturated heterocycles. The summed E-state index contributed by atoms with van der Waals surface area (Å²) < 4.78 is 0. The number of unbranched alkanes of at least 4 members (excludes halogenated alkanes) is 1. The van der Waals surface area contributed by atoms with Gasteiger partial charge < -0.3 is 26.0 Å². The number of allylic oxidation sites excluding steroid dienone is 12. The molecule has 0 aromatic rings. The summed E-state index contributed by atoms with van der Waals surface area (Å²) in [6.45, 7) is 9.80. The summed E-state index contributed by atoms with van der Waals surface area (Å²) in [6, 6.07) is -0.931. The molecule has 4 fully saturated rings. The zero-order chi connectivity index (χ0) is 43.4. The summed E-state index contributed by atoms with van der Waals surface area (Å²) in [4.78, 5) is 37.4. The Hall–Kier alpha value is -3.23. The Balaban J connectivity index is 1.04. The van der Waals surface area contributed by atoms with Gasteiger partial charge in [0.15, 0.2) is 0 Å². The standard InChI is InChI=1S/C52H82N2O6/c1-5-6-7-8-9-10-11-12-13-14-15-16-17-18-19-20-21-22-23-27-47(57)53-36-25-24-26-45(50(59)60)54-48(58)31-28-39(2)42-29-30-43-49-44(33-35-52(42,43)4)51(3)34-32-41(55)37-40(51)38-46(49)56/h6-7,9-10,12-13,15-16,18-19,21-22,39-46,49,55-56H,5,8,11,14,17,20,23-38H2,1-4H3,(H,53,57)(H,54,58)(H,59,60)/b7-6-,10-9-,13-12-,16-15-,19-18-,22-21-/t39-,40?,41-,42?,43+,44+,45?,46-,49+,51+,52-/m1/s1. The highest BCUT2D eigenvalue weighted by Gasteiger charge is 2.62. The normalized spacial score (nSPS) is 31.6. The SMILES string of the molecule is CC/C=C\C/C=C\C/C=C\C/C=C\C/C=C\C/C=C\CCC(=O)NCCCCC(NC(=O)CC[C@@H](C)C1CC[C@H]2[C@@H]3[C@H](O)CC4C[C@H](O)CC[C@]4(C)[C@H]3CC[C@]12C)C(=O)O. The lowest BCUT2D eigenvalue weighted by Crippen LogP contribution is -2.58. The molecule has 4 aliphatic carbocycles. The zero-order valence-electron chi connectivity index (χ0n) is 37.7. The van der Waals surface area contributed by atoms with E-state index in [-0.39, 0.29) is 34.9 Å². The third kappa shape index (κ3) is 14.7. The first-order valence-corrected chi connectivity index (χ1v) is 24.0. The van der Waals surface area contributed by atoms with Crippen molar-refractivity contribution in [3.05, 3.63) is 72.9 Å². The number of aliphatic hydroxyl groups is 2. The average Bonchev–Trinajstić information content (AvgIpc) is 3.58. The van der Waals surface area contributed by atoms with E-state index in [1.54, 1.807) is 0 Å². The fourth-order valence-electron chi connectivity index (χ4n) is 11.9. The second-order valence-corrected chi connectivity index (χ2v) is 19.2. The van der Waals surface area contributed by atoms with Crippen molar-refractivity contribution in [1.82, 2.24) is 10.6 Å². The molecule has 60 heavy (non-hydrogen) atoms. The number of fused-ring (bicyclic) bond motifs is 5. The molecule has 336 valence electrons. The third-order valence-corrected chi connectivity index (χ3v) is 15.3. The summed E-state index contributed by atoms with van der Waals surface area (Å²) in [5, 5.41) is 37.5. The van der Waals surface area contributed by atoms with Crippen LogP contribution in [-0.4, -0.2) is 57.9 Å². The van der Waals surface area contributed by atoms with Gasteiger partial charge in [0.25, 0.3) is 0 Å². The predicted octanol–water partition coefficient (Wildman–Crippen LogP) is 10.7. The topological polar surface area (TPSA) is 136 Å². The first kappa shape index (κ1) is 49.4. The van der Waals surface area contributed by atoms with Crippen molar-refractivity contribution in [3.8, 4) is 0 Å². The van der Waals surface area contributed by atoms with Crippen LogP contribution in [0.5, 0.6) is 0 Å². The van der Waals surface area contributed by atoms with Gasteiger partial charge >= 0.3 is 5.97 Å². The van der Waals surface area contributed by atoms with E-state index in [0.717, 1.165) is 96.3 Å². The number of aliphatic carboxylic acids is 1. The maximum absolute atomic E-state index is 13.0. The lowest BCUT2D eigenvalue weighted by molar-refractivity contribution is -0.174. The highest BCUT2D eigenvalue weighted by molar-refractivity contribution is 5.83. The van der Waals surface area contributed by atoms with E-state index in [0.29, 0.717) is 80.6 Å². The van der Waals surface area contributed by atoms with Gasteiger partial charge in [-0.2, -0.15) is 0 Å². The Bertz CT molecular complexity index is 1510. The van der Waals surface area contributed by atoms with Crippen molar-refractivity contribution in [1.29, 1.82) is 0 Å². The highest BCUT2D eigenvalue weighted by Crippen LogP contribution is 2.68. The number of hydrogen-bond donors (Lipinski definition) is 5. The van der Waals surface area contributed by atoms with Crippen molar-refractivity contribution >= 4 is 17.8 Å². The van der Waals surface area contributed by atoms with Crippen LogP contribution in [0.15, 0.2) is 72.9 Å². The lowest BCUT2D eigenvalue weighted by Gasteiger charge is -2.62. The van der Waals surface area contributed by atoms with Crippen LogP contribution in [0, 0.1) is 46.3 Å². The Morgan fingerprint density at radius 2 is 1.27 bits per heavy atom. The van der Waals surface area contributed by atoms with Gasteiger partial charge in [-0.25, -0.2) is 4.79 Å². The van der Waals surface area contributed by atoms with Gasteiger partial charge in [0, 0.05) is 19.4 Å². The molecular formula is C52H82N2O6. The van der Waals surface area contributed by atoms with Gasteiger partial charge in [0.05, 0.1) is 12.2 Å². The molecule has 0 radical (unpaired) electrons. The van der Waals surface area contributed by atoms with E-state index in [1.165, 1.54) is 0 Å². The predicted molar refractivity (Wildman–Crippen MR) is 245 cm³/mol. The summed E-state index contributed by atoms with van der Waals surface area (Å²) in [5.41, 5.74) is 0.347. The quantitative estimate of drug-likeness (QED) is 0.0459. The van der Waals surface area contributed by atoms with Crippen LogP contribution in [0.25, 0.3) is 0 Å². The van der Waals surface area contributed by atoms with Crippen LogP contribution in [0.1, 0.15) is 163 Å². The van der Waals surface area contributed by atoms with Crippen molar-refractivity contribution in [3.63, 3.8) is 0 Å². The Labute approximate surface area is 363 Å². The summed E-state index contributed by atoms with van der Waals surface area (Å²) in [5.74, 6) is 1.31. The second-order valence-electron chi connectivity index (χ2n) is 19.2. The maximum Gasteiger partial charge on any atom is 0.326 e. The first-order chi connectivity index (χ1) is 28.9. The lowest BCUT2D eigenvalue weighted by atomic mass is 9.43. The van der Waals surface area contributed by atoms with Gasteiger partial charge in [0.2, 0.25) is 11.8 Å². The molecule has 4 aliphatic rings. The highest BCUT2D eigenvalue weighted by atomic mass is 16.4. The van der Waals surface area contributed by atoms with E-state index < -0.39 is 12.0 Å². The molecule has 2 amide bonds. The minimum absolute atomic E-state index is 0.00924. The smallest absolute Gasteiger partial charge is 0.326 e. The molecule has 5 N–H and O–H groups in total. The van der Waals surface area contributed by atoms with Gasteiger partial charge in [-0.3, -0.25) is 9.59 Å². The Kier molecular flexibility index (Phi) is 21.1. The second kappa shape index (κ2) is 25.6. The van der Waals surface area contributed by atoms with E-state index in [2.05, 4.69) is 105 Å². The van der Waals surface area contributed by atoms with E-state index >= 15 is 0 Å². The Morgan fingerprint density at radius 1 is 0.683 bits per heavy atom. The van der Waals surface area contributed by atoms with Gasteiger partial charge in [-0.15, -0.1) is 0 Å². The average molecular weight is 831 g/mol. The number of nitrogens with one attached hydrogen (secondary N) is 2.